The molecule has 0 aliphatic heterocycles. The summed E-state index contributed by atoms with van der Waals surface area (Å²) in [6.07, 6.45) is 1.52. The Labute approximate surface area is 139 Å². The second-order valence-corrected chi connectivity index (χ2v) is 5.76. The minimum absolute atomic E-state index is 0.309. The lowest BCUT2D eigenvalue weighted by molar-refractivity contribution is 0.607. The Kier molecular flexibility index (Phi) is 4.70. The zero-order valence-corrected chi connectivity index (χ0v) is 13.3. The normalized spacial score (nSPS) is 10.8. The fourth-order valence-corrected chi connectivity index (χ4v) is 2.76. The molecule has 0 nitrogen and oxygen atoms in total. The summed E-state index contributed by atoms with van der Waals surface area (Å²) in [6, 6.07) is 15.5. The first kappa shape index (κ1) is 16.3. The van der Waals surface area contributed by atoms with E-state index in [1.165, 1.54) is 24.3 Å². The van der Waals surface area contributed by atoms with Crippen molar-refractivity contribution in [2.24, 2.45) is 0 Å². The molecule has 0 saturated carbocycles. The van der Waals surface area contributed by atoms with E-state index in [4.69, 9.17) is 0 Å². The minimum Gasteiger partial charge on any atom is -0.207 e. The molecule has 0 aliphatic rings. The van der Waals surface area contributed by atoms with Gasteiger partial charge in [-0.3, -0.25) is 0 Å². The van der Waals surface area contributed by atoms with Crippen molar-refractivity contribution in [3.8, 4) is 22.3 Å². The predicted molar refractivity (Wildman–Crippen MR) is 91.2 cm³/mol. The molecule has 3 rings (SSSR count). The first-order chi connectivity index (χ1) is 11.6. The molecule has 24 heavy (non-hydrogen) atoms. The summed E-state index contributed by atoms with van der Waals surface area (Å²) < 4.78 is 41.5. The van der Waals surface area contributed by atoms with Gasteiger partial charge in [-0.25, -0.2) is 13.2 Å². The van der Waals surface area contributed by atoms with Gasteiger partial charge in [0.2, 0.25) is 0 Å². The maximum atomic E-state index is 14.5. The minimum atomic E-state index is -0.431. The first-order valence-electron chi connectivity index (χ1n) is 7.93. The Balaban J connectivity index is 1.95. The van der Waals surface area contributed by atoms with Crippen molar-refractivity contribution in [2.45, 2.75) is 19.8 Å². The van der Waals surface area contributed by atoms with E-state index >= 15 is 0 Å². The maximum Gasteiger partial charge on any atom is 0.131 e. The van der Waals surface area contributed by atoms with Gasteiger partial charge in [-0.1, -0.05) is 49.7 Å². The van der Waals surface area contributed by atoms with E-state index in [1.54, 1.807) is 36.4 Å². The highest BCUT2D eigenvalue weighted by molar-refractivity contribution is 5.71. The fourth-order valence-electron chi connectivity index (χ4n) is 2.76. The molecule has 0 aliphatic carbocycles. The van der Waals surface area contributed by atoms with E-state index in [2.05, 4.69) is 0 Å². The summed E-state index contributed by atoms with van der Waals surface area (Å²) in [6.45, 7) is 1.99. The lowest BCUT2D eigenvalue weighted by Crippen LogP contribution is -1.92. The van der Waals surface area contributed by atoms with Crippen LogP contribution < -0.4 is 0 Å². The molecule has 0 amide bonds. The number of hydrogen-bond donors (Lipinski definition) is 0. The second-order valence-electron chi connectivity index (χ2n) is 5.76. The lowest BCUT2D eigenvalue weighted by Gasteiger charge is -2.09. The van der Waals surface area contributed by atoms with Gasteiger partial charge in [-0.05, 0) is 52.9 Å². The van der Waals surface area contributed by atoms with Crippen molar-refractivity contribution in [2.75, 3.05) is 0 Å². The SMILES string of the molecule is CCCc1ccc(-c2ccc(-c3ccc(F)cc3)cc2F)cc1F. The third-order valence-corrected chi connectivity index (χ3v) is 4.03. The molecule has 3 aromatic carbocycles. The molecule has 0 N–H and O–H groups in total. The van der Waals surface area contributed by atoms with E-state index in [0.29, 0.717) is 28.7 Å². The Morgan fingerprint density at radius 1 is 0.667 bits per heavy atom. The van der Waals surface area contributed by atoms with Crippen LogP contribution in [0.15, 0.2) is 60.7 Å². The van der Waals surface area contributed by atoms with E-state index in [-0.39, 0.29) is 11.6 Å². The van der Waals surface area contributed by atoms with Gasteiger partial charge in [0.05, 0.1) is 0 Å². The molecule has 0 fully saturated rings. The standard InChI is InChI=1S/C21H17F3/c1-2-3-15-4-5-17(13-20(15)23)19-11-8-16(12-21(19)24)14-6-9-18(22)10-7-14/h4-13H,2-3H2,1H3. The first-order valence-corrected chi connectivity index (χ1v) is 7.93. The van der Waals surface area contributed by atoms with Crippen LogP contribution in [0.1, 0.15) is 18.9 Å². The molecule has 0 heterocycles. The van der Waals surface area contributed by atoms with Crippen molar-refractivity contribution in [3.63, 3.8) is 0 Å². The zero-order chi connectivity index (χ0) is 17.1. The second kappa shape index (κ2) is 6.91. The molecule has 0 saturated heterocycles. The number of hydrogen-bond acceptors (Lipinski definition) is 0. The summed E-state index contributed by atoms with van der Waals surface area (Å²) in [7, 11) is 0. The Morgan fingerprint density at radius 2 is 1.29 bits per heavy atom. The summed E-state index contributed by atoms with van der Waals surface area (Å²) >= 11 is 0. The average Bonchev–Trinajstić information content (AvgIpc) is 2.57. The van der Waals surface area contributed by atoms with Crippen molar-refractivity contribution in [1.29, 1.82) is 0 Å². The van der Waals surface area contributed by atoms with Gasteiger partial charge < -0.3 is 0 Å². The van der Waals surface area contributed by atoms with Gasteiger partial charge in [0, 0.05) is 5.56 Å². The number of benzene rings is 3. The Morgan fingerprint density at radius 3 is 1.92 bits per heavy atom. The van der Waals surface area contributed by atoms with E-state index in [1.807, 2.05) is 6.92 Å². The van der Waals surface area contributed by atoms with Crippen LogP contribution >= 0.6 is 0 Å². The number of aryl methyl sites for hydroxylation is 1. The molecule has 0 bridgehead atoms. The van der Waals surface area contributed by atoms with Crippen LogP contribution in [0.25, 0.3) is 22.3 Å². The van der Waals surface area contributed by atoms with Gasteiger partial charge in [-0.15, -0.1) is 0 Å². The quantitative estimate of drug-likeness (QED) is 0.521. The van der Waals surface area contributed by atoms with Crippen LogP contribution in [0.3, 0.4) is 0 Å². The van der Waals surface area contributed by atoms with Crippen LogP contribution in [0.4, 0.5) is 13.2 Å². The predicted octanol–water partition coefficient (Wildman–Crippen LogP) is 6.39. The van der Waals surface area contributed by atoms with Gasteiger partial charge in [0.25, 0.3) is 0 Å². The molecule has 122 valence electrons. The summed E-state index contributed by atoms with van der Waals surface area (Å²) in [5.74, 6) is -1.07. The van der Waals surface area contributed by atoms with Crippen LogP contribution in [0, 0.1) is 17.5 Å². The third kappa shape index (κ3) is 3.35. The van der Waals surface area contributed by atoms with Gasteiger partial charge in [-0.2, -0.15) is 0 Å². The van der Waals surface area contributed by atoms with Gasteiger partial charge in [0.1, 0.15) is 17.5 Å². The molecule has 0 spiro atoms. The average molecular weight is 326 g/mol. The van der Waals surface area contributed by atoms with E-state index < -0.39 is 5.82 Å². The van der Waals surface area contributed by atoms with Crippen LogP contribution in [0.5, 0.6) is 0 Å². The van der Waals surface area contributed by atoms with E-state index in [9.17, 15) is 13.2 Å². The molecular weight excluding hydrogens is 309 g/mol. The topological polar surface area (TPSA) is 0 Å². The molecular formula is C21H17F3. The van der Waals surface area contributed by atoms with Gasteiger partial charge in [0.15, 0.2) is 0 Å². The van der Waals surface area contributed by atoms with Crippen molar-refractivity contribution in [3.05, 3.63) is 83.7 Å². The monoisotopic (exact) mass is 326 g/mol. The van der Waals surface area contributed by atoms with Crippen molar-refractivity contribution in [1.82, 2.24) is 0 Å². The summed E-state index contributed by atoms with van der Waals surface area (Å²) in [5, 5.41) is 0. The van der Waals surface area contributed by atoms with Crippen molar-refractivity contribution >= 4 is 0 Å². The molecule has 0 unspecified atom stereocenters. The third-order valence-electron chi connectivity index (χ3n) is 4.03. The molecule has 0 atom stereocenters. The van der Waals surface area contributed by atoms with Crippen LogP contribution in [0.2, 0.25) is 0 Å². The molecule has 0 radical (unpaired) electrons. The highest BCUT2D eigenvalue weighted by atomic mass is 19.1. The smallest absolute Gasteiger partial charge is 0.131 e. The van der Waals surface area contributed by atoms with E-state index in [0.717, 1.165) is 12.0 Å². The Hall–Kier alpha value is -2.55. The largest absolute Gasteiger partial charge is 0.207 e. The number of halogens is 3. The Bertz CT molecular complexity index is 851. The summed E-state index contributed by atoms with van der Waals surface area (Å²) in [5.41, 5.74) is 2.88. The highest BCUT2D eigenvalue weighted by Crippen LogP contribution is 2.29. The highest BCUT2D eigenvalue weighted by Gasteiger charge is 2.10. The van der Waals surface area contributed by atoms with Crippen LogP contribution in [-0.4, -0.2) is 0 Å². The summed E-state index contributed by atoms with van der Waals surface area (Å²) in [4.78, 5) is 0. The molecule has 3 heteroatoms. The fraction of sp³-hybridized carbons (Fsp3) is 0.143. The maximum absolute atomic E-state index is 14.5. The van der Waals surface area contributed by atoms with Crippen molar-refractivity contribution < 1.29 is 13.2 Å². The number of rotatable bonds is 4. The molecule has 0 aromatic heterocycles. The van der Waals surface area contributed by atoms with Crippen LogP contribution in [-0.2, 0) is 6.42 Å². The zero-order valence-electron chi connectivity index (χ0n) is 13.3. The molecule has 3 aromatic rings. The lowest BCUT2D eigenvalue weighted by atomic mass is 9.98. The van der Waals surface area contributed by atoms with Gasteiger partial charge >= 0.3 is 0 Å².